The standard InChI is InChI=1S/C15H19N3O/c16-11-5-9-6-14(19)18-12(9)7-13(11)17-8-15(3-4-15)10-1-2-10/h5,7,10,17H,1-4,6,8,16H2,(H,18,19). The Kier molecular flexibility index (Phi) is 2.14. The van der Waals surface area contributed by atoms with Crippen LogP contribution in [0.2, 0.25) is 0 Å². The first kappa shape index (κ1) is 11.1. The van der Waals surface area contributed by atoms with E-state index in [1.165, 1.54) is 25.7 Å². The first-order valence-electron chi connectivity index (χ1n) is 7.12. The van der Waals surface area contributed by atoms with Crippen molar-refractivity contribution in [3.05, 3.63) is 17.7 Å². The van der Waals surface area contributed by atoms with Gasteiger partial charge in [-0.1, -0.05) is 0 Å². The molecule has 1 aliphatic heterocycles. The van der Waals surface area contributed by atoms with Gasteiger partial charge in [-0.05, 0) is 54.7 Å². The zero-order chi connectivity index (χ0) is 13.0. The molecule has 0 aromatic heterocycles. The molecule has 0 saturated heterocycles. The molecule has 1 heterocycles. The number of nitrogens with one attached hydrogen (secondary N) is 2. The number of carbonyl (C=O) groups is 1. The van der Waals surface area contributed by atoms with Crippen LogP contribution < -0.4 is 16.4 Å². The van der Waals surface area contributed by atoms with E-state index >= 15 is 0 Å². The molecule has 0 bridgehead atoms. The van der Waals surface area contributed by atoms with Crippen LogP contribution in [-0.4, -0.2) is 12.5 Å². The predicted octanol–water partition coefficient (Wildman–Crippen LogP) is 2.37. The van der Waals surface area contributed by atoms with Crippen LogP contribution in [0.25, 0.3) is 0 Å². The number of carbonyl (C=O) groups excluding carboxylic acids is 1. The Bertz CT molecular complexity index is 559. The van der Waals surface area contributed by atoms with Crippen molar-refractivity contribution < 1.29 is 4.79 Å². The van der Waals surface area contributed by atoms with Crippen molar-refractivity contribution in [1.29, 1.82) is 0 Å². The van der Waals surface area contributed by atoms with E-state index in [1.807, 2.05) is 12.1 Å². The number of hydrogen-bond donors (Lipinski definition) is 3. The van der Waals surface area contributed by atoms with Crippen LogP contribution in [0.5, 0.6) is 0 Å². The second kappa shape index (κ2) is 3.65. The van der Waals surface area contributed by atoms with Gasteiger partial charge in [-0.2, -0.15) is 0 Å². The van der Waals surface area contributed by atoms with Crippen molar-refractivity contribution in [3.8, 4) is 0 Å². The largest absolute Gasteiger partial charge is 0.397 e. The Morgan fingerprint density at radius 2 is 2.16 bits per heavy atom. The maximum Gasteiger partial charge on any atom is 0.228 e. The summed E-state index contributed by atoms with van der Waals surface area (Å²) < 4.78 is 0. The highest BCUT2D eigenvalue weighted by atomic mass is 16.1. The van der Waals surface area contributed by atoms with Crippen molar-refractivity contribution in [3.63, 3.8) is 0 Å². The van der Waals surface area contributed by atoms with E-state index in [1.54, 1.807) is 0 Å². The van der Waals surface area contributed by atoms with Crippen LogP contribution in [0, 0.1) is 11.3 Å². The Hall–Kier alpha value is -1.71. The summed E-state index contributed by atoms with van der Waals surface area (Å²) in [4.78, 5) is 11.4. The molecule has 2 aliphatic carbocycles. The molecule has 1 aromatic carbocycles. The van der Waals surface area contributed by atoms with Crippen molar-refractivity contribution in [2.24, 2.45) is 11.3 Å². The smallest absolute Gasteiger partial charge is 0.228 e. The van der Waals surface area contributed by atoms with Gasteiger partial charge in [-0.25, -0.2) is 0 Å². The molecular formula is C15H19N3O. The lowest BCUT2D eigenvalue weighted by atomic mass is 10.0. The predicted molar refractivity (Wildman–Crippen MR) is 76.1 cm³/mol. The van der Waals surface area contributed by atoms with Gasteiger partial charge in [0.1, 0.15) is 0 Å². The fraction of sp³-hybridized carbons (Fsp3) is 0.533. The minimum Gasteiger partial charge on any atom is -0.397 e. The van der Waals surface area contributed by atoms with Crippen molar-refractivity contribution in [2.45, 2.75) is 32.1 Å². The molecule has 4 N–H and O–H groups in total. The van der Waals surface area contributed by atoms with Gasteiger partial charge in [0, 0.05) is 12.2 Å². The van der Waals surface area contributed by atoms with Crippen molar-refractivity contribution >= 4 is 23.0 Å². The summed E-state index contributed by atoms with van der Waals surface area (Å²) in [5.74, 6) is 0.999. The lowest BCUT2D eigenvalue weighted by Crippen LogP contribution is -2.18. The van der Waals surface area contributed by atoms with Gasteiger partial charge in [0.15, 0.2) is 0 Å². The molecule has 1 aromatic rings. The van der Waals surface area contributed by atoms with Crippen molar-refractivity contribution in [1.82, 2.24) is 0 Å². The summed E-state index contributed by atoms with van der Waals surface area (Å²) in [6.07, 6.45) is 5.96. The molecule has 0 spiro atoms. The summed E-state index contributed by atoms with van der Waals surface area (Å²) in [6.45, 7) is 1.02. The Morgan fingerprint density at radius 1 is 1.37 bits per heavy atom. The lowest BCUT2D eigenvalue weighted by molar-refractivity contribution is -0.115. The Balaban J connectivity index is 1.52. The number of benzene rings is 1. The SMILES string of the molecule is Nc1cc2c(cc1NCC1(C3CC3)CC1)NC(=O)C2. The van der Waals surface area contributed by atoms with E-state index in [-0.39, 0.29) is 5.91 Å². The van der Waals surface area contributed by atoms with Crippen molar-refractivity contribution in [2.75, 3.05) is 22.9 Å². The monoisotopic (exact) mass is 257 g/mol. The van der Waals surface area contributed by atoms with E-state index in [0.717, 1.165) is 35.1 Å². The van der Waals surface area contributed by atoms with E-state index in [2.05, 4.69) is 10.6 Å². The molecule has 19 heavy (non-hydrogen) atoms. The summed E-state index contributed by atoms with van der Waals surface area (Å²) in [6, 6.07) is 3.91. The second-order valence-electron chi connectivity index (χ2n) is 6.31. The average Bonchev–Trinajstić information content (AvgIpc) is 3.23. The zero-order valence-corrected chi connectivity index (χ0v) is 11.0. The molecule has 4 nitrogen and oxygen atoms in total. The number of rotatable bonds is 4. The molecular weight excluding hydrogens is 238 g/mol. The van der Waals surface area contributed by atoms with Gasteiger partial charge in [0.2, 0.25) is 5.91 Å². The molecule has 0 radical (unpaired) electrons. The maximum atomic E-state index is 11.4. The molecule has 4 heteroatoms. The Labute approximate surface area is 112 Å². The first-order valence-corrected chi connectivity index (χ1v) is 7.12. The molecule has 100 valence electrons. The van der Waals surface area contributed by atoms with Crippen LogP contribution in [0.15, 0.2) is 12.1 Å². The molecule has 2 fully saturated rings. The molecule has 2 saturated carbocycles. The Morgan fingerprint density at radius 3 is 2.84 bits per heavy atom. The lowest BCUT2D eigenvalue weighted by Gasteiger charge is -2.18. The van der Waals surface area contributed by atoms with E-state index in [9.17, 15) is 4.79 Å². The van der Waals surface area contributed by atoms with Crippen LogP contribution in [0.3, 0.4) is 0 Å². The number of amides is 1. The third kappa shape index (κ3) is 1.86. The minimum absolute atomic E-state index is 0.0585. The summed E-state index contributed by atoms with van der Waals surface area (Å²) in [5, 5.41) is 6.38. The van der Waals surface area contributed by atoms with Crippen LogP contribution in [0.1, 0.15) is 31.2 Å². The summed E-state index contributed by atoms with van der Waals surface area (Å²) in [7, 11) is 0. The molecule has 0 unspecified atom stereocenters. The number of nitrogen functional groups attached to an aromatic ring is 1. The fourth-order valence-corrected chi connectivity index (χ4v) is 3.30. The third-order valence-electron chi connectivity index (χ3n) is 4.87. The average molecular weight is 257 g/mol. The molecule has 0 atom stereocenters. The van der Waals surface area contributed by atoms with E-state index in [0.29, 0.717) is 11.8 Å². The quantitative estimate of drug-likeness (QED) is 0.725. The van der Waals surface area contributed by atoms with Crippen LogP contribution >= 0.6 is 0 Å². The number of nitrogens with two attached hydrogens (primary N) is 1. The van der Waals surface area contributed by atoms with Gasteiger partial charge >= 0.3 is 0 Å². The first-order chi connectivity index (χ1) is 9.16. The number of fused-ring (bicyclic) bond motifs is 1. The second-order valence-corrected chi connectivity index (χ2v) is 6.31. The summed E-state index contributed by atoms with van der Waals surface area (Å²) in [5.41, 5.74) is 10.3. The van der Waals surface area contributed by atoms with Gasteiger partial charge < -0.3 is 16.4 Å². The molecule has 4 rings (SSSR count). The summed E-state index contributed by atoms with van der Waals surface area (Å²) >= 11 is 0. The van der Waals surface area contributed by atoms with E-state index in [4.69, 9.17) is 5.73 Å². The minimum atomic E-state index is 0.0585. The number of hydrogen-bond acceptors (Lipinski definition) is 3. The van der Waals surface area contributed by atoms with Crippen LogP contribution in [-0.2, 0) is 11.2 Å². The van der Waals surface area contributed by atoms with Gasteiger partial charge in [0.05, 0.1) is 17.8 Å². The normalized spacial score (nSPS) is 22.8. The highest BCUT2D eigenvalue weighted by Gasteiger charge is 2.53. The zero-order valence-electron chi connectivity index (χ0n) is 11.0. The van der Waals surface area contributed by atoms with E-state index < -0.39 is 0 Å². The topological polar surface area (TPSA) is 67.2 Å². The third-order valence-corrected chi connectivity index (χ3v) is 4.87. The highest BCUT2D eigenvalue weighted by Crippen LogP contribution is 2.61. The molecule has 1 amide bonds. The van der Waals surface area contributed by atoms with Gasteiger partial charge in [-0.3, -0.25) is 4.79 Å². The maximum absolute atomic E-state index is 11.4. The van der Waals surface area contributed by atoms with Gasteiger partial charge in [0.25, 0.3) is 0 Å². The highest BCUT2D eigenvalue weighted by molar-refractivity contribution is 6.00. The number of anilines is 3. The van der Waals surface area contributed by atoms with Gasteiger partial charge in [-0.15, -0.1) is 0 Å². The fourth-order valence-electron chi connectivity index (χ4n) is 3.30. The molecule has 3 aliphatic rings. The van der Waals surface area contributed by atoms with Crippen LogP contribution in [0.4, 0.5) is 17.1 Å².